The summed E-state index contributed by atoms with van der Waals surface area (Å²) in [7, 11) is 0. The fourth-order valence-corrected chi connectivity index (χ4v) is 3.05. The topological polar surface area (TPSA) is 81.2 Å². The number of esters is 1. The van der Waals surface area contributed by atoms with Crippen LogP contribution in [-0.2, 0) is 16.1 Å². The molecule has 1 N–H and O–H groups in total. The predicted octanol–water partition coefficient (Wildman–Crippen LogP) is 4.61. The van der Waals surface area contributed by atoms with Gasteiger partial charge in [0.15, 0.2) is 0 Å². The third kappa shape index (κ3) is 4.33. The Balaban J connectivity index is 1.45. The molecule has 0 saturated heterocycles. The molecule has 148 valence electrons. The van der Waals surface area contributed by atoms with Crippen molar-refractivity contribution in [2.24, 2.45) is 0 Å². The van der Waals surface area contributed by atoms with Gasteiger partial charge in [0.05, 0.1) is 34.2 Å². The Hall–Kier alpha value is -4.06. The molecular formula is C24H19N3O3. The molecule has 3 aromatic carbocycles. The molecule has 0 fully saturated rings. The van der Waals surface area contributed by atoms with Crippen LogP contribution in [0.1, 0.15) is 22.8 Å². The molecule has 6 heteroatoms. The summed E-state index contributed by atoms with van der Waals surface area (Å²) >= 11 is 0. The van der Waals surface area contributed by atoms with Crippen molar-refractivity contribution in [1.82, 2.24) is 9.97 Å². The zero-order valence-electron chi connectivity index (χ0n) is 16.3. The average molecular weight is 397 g/mol. The van der Waals surface area contributed by atoms with E-state index in [2.05, 4.69) is 15.3 Å². The highest BCUT2D eigenvalue weighted by molar-refractivity contribution is 6.00. The lowest BCUT2D eigenvalue weighted by Crippen LogP contribution is -2.12. The van der Waals surface area contributed by atoms with Gasteiger partial charge in [-0.25, -0.2) is 9.78 Å². The van der Waals surface area contributed by atoms with Gasteiger partial charge in [0.1, 0.15) is 6.61 Å². The van der Waals surface area contributed by atoms with E-state index in [4.69, 9.17) is 4.74 Å². The molecule has 30 heavy (non-hydrogen) atoms. The Kier molecular flexibility index (Phi) is 5.48. The second-order valence-electron chi connectivity index (χ2n) is 6.74. The number of amides is 1. The fraction of sp³-hybridized carbons (Fsp3) is 0.0833. The van der Waals surface area contributed by atoms with Gasteiger partial charge in [-0.2, -0.15) is 0 Å². The Bertz CT molecular complexity index is 1220. The number of hydrogen-bond donors (Lipinski definition) is 1. The molecule has 0 saturated carbocycles. The van der Waals surface area contributed by atoms with E-state index < -0.39 is 5.97 Å². The number of hydrogen-bond acceptors (Lipinski definition) is 5. The van der Waals surface area contributed by atoms with Gasteiger partial charge < -0.3 is 10.1 Å². The number of aromatic nitrogens is 2. The molecule has 0 atom stereocenters. The molecule has 0 aliphatic carbocycles. The van der Waals surface area contributed by atoms with Crippen LogP contribution < -0.4 is 5.32 Å². The third-order valence-electron chi connectivity index (χ3n) is 4.53. The number of fused-ring (bicyclic) bond motifs is 1. The number of carbonyl (C=O) groups is 2. The monoisotopic (exact) mass is 397 g/mol. The predicted molar refractivity (Wildman–Crippen MR) is 115 cm³/mol. The lowest BCUT2D eigenvalue weighted by atomic mass is 10.1. The molecule has 0 bridgehead atoms. The van der Waals surface area contributed by atoms with Gasteiger partial charge in [0.2, 0.25) is 5.91 Å². The van der Waals surface area contributed by atoms with E-state index in [9.17, 15) is 9.59 Å². The number of nitrogens with one attached hydrogen (secondary N) is 1. The van der Waals surface area contributed by atoms with E-state index in [0.717, 1.165) is 27.9 Å². The van der Waals surface area contributed by atoms with E-state index in [1.807, 2.05) is 48.5 Å². The summed E-state index contributed by atoms with van der Waals surface area (Å²) in [6.45, 7) is 1.51. The van der Waals surface area contributed by atoms with Crippen LogP contribution in [-0.4, -0.2) is 21.8 Å². The van der Waals surface area contributed by atoms with Gasteiger partial charge in [-0.3, -0.25) is 9.78 Å². The van der Waals surface area contributed by atoms with Gasteiger partial charge in [-0.1, -0.05) is 48.5 Å². The second kappa shape index (κ2) is 8.53. The van der Waals surface area contributed by atoms with Crippen LogP contribution >= 0.6 is 0 Å². The summed E-state index contributed by atoms with van der Waals surface area (Å²) in [4.78, 5) is 32.8. The van der Waals surface area contributed by atoms with E-state index in [1.165, 1.54) is 6.92 Å². The maximum atomic E-state index is 12.4. The van der Waals surface area contributed by atoms with Gasteiger partial charge in [-0.05, 0) is 29.8 Å². The molecule has 1 heterocycles. The number of rotatable bonds is 5. The second-order valence-corrected chi connectivity index (χ2v) is 6.74. The average Bonchev–Trinajstić information content (AvgIpc) is 2.77. The number of anilines is 1. The van der Waals surface area contributed by atoms with Crippen LogP contribution in [0.4, 0.5) is 5.69 Å². The van der Waals surface area contributed by atoms with Gasteiger partial charge >= 0.3 is 5.97 Å². The van der Waals surface area contributed by atoms with Crippen LogP contribution in [0.2, 0.25) is 0 Å². The van der Waals surface area contributed by atoms with Crippen LogP contribution in [0.25, 0.3) is 22.3 Å². The maximum absolute atomic E-state index is 12.4. The van der Waals surface area contributed by atoms with Crippen LogP contribution in [0, 0.1) is 0 Å². The van der Waals surface area contributed by atoms with Crippen molar-refractivity contribution >= 4 is 28.6 Å². The van der Waals surface area contributed by atoms with Gasteiger partial charge in [0, 0.05) is 12.5 Å². The van der Waals surface area contributed by atoms with Crippen LogP contribution in [0.5, 0.6) is 0 Å². The minimum Gasteiger partial charge on any atom is -0.457 e. The Labute approximate surface area is 173 Å². The molecule has 0 unspecified atom stereocenters. The zero-order valence-corrected chi connectivity index (χ0v) is 16.3. The summed E-state index contributed by atoms with van der Waals surface area (Å²) in [5.41, 5.74) is 4.99. The smallest absolute Gasteiger partial charge is 0.340 e. The largest absolute Gasteiger partial charge is 0.457 e. The van der Waals surface area contributed by atoms with E-state index in [0.29, 0.717) is 11.3 Å². The molecule has 0 spiro atoms. The summed E-state index contributed by atoms with van der Waals surface area (Å²) in [6, 6.07) is 22.1. The van der Waals surface area contributed by atoms with Crippen molar-refractivity contribution < 1.29 is 14.3 Å². The van der Waals surface area contributed by atoms with Crippen LogP contribution in [0.3, 0.4) is 0 Å². The number of nitrogens with zero attached hydrogens (tertiary/aromatic N) is 2. The highest BCUT2D eigenvalue weighted by Gasteiger charge is 2.13. The number of benzene rings is 3. The normalized spacial score (nSPS) is 10.6. The van der Waals surface area contributed by atoms with Crippen molar-refractivity contribution in [3.63, 3.8) is 0 Å². The summed E-state index contributed by atoms with van der Waals surface area (Å²) in [5, 5.41) is 2.64. The van der Waals surface area contributed by atoms with Crippen LogP contribution in [0.15, 0.2) is 79.0 Å². The van der Waals surface area contributed by atoms with E-state index in [-0.39, 0.29) is 12.5 Å². The quantitative estimate of drug-likeness (QED) is 0.497. The minimum absolute atomic E-state index is 0.122. The van der Waals surface area contributed by atoms with Crippen molar-refractivity contribution in [3.05, 3.63) is 90.1 Å². The van der Waals surface area contributed by atoms with Gasteiger partial charge in [-0.15, -0.1) is 0 Å². The molecule has 4 rings (SSSR count). The standard InChI is InChI=1S/C24H19N3O3/c1-16(28)26-20-7-3-2-6-19(20)24(29)30-15-17-10-12-18(13-11-17)23-14-25-21-8-4-5-9-22(21)27-23/h2-14H,15H2,1H3,(H,26,28). The van der Waals surface area contributed by atoms with Crippen molar-refractivity contribution in [3.8, 4) is 11.3 Å². The lowest BCUT2D eigenvalue weighted by molar-refractivity contribution is -0.114. The van der Waals surface area contributed by atoms with Crippen molar-refractivity contribution in [2.75, 3.05) is 5.32 Å². The Morgan fingerprint density at radius 1 is 0.900 bits per heavy atom. The first-order valence-corrected chi connectivity index (χ1v) is 9.45. The third-order valence-corrected chi connectivity index (χ3v) is 4.53. The molecule has 4 aromatic rings. The van der Waals surface area contributed by atoms with Crippen molar-refractivity contribution in [2.45, 2.75) is 13.5 Å². The first-order valence-electron chi connectivity index (χ1n) is 9.45. The SMILES string of the molecule is CC(=O)Nc1ccccc1C(=O)OCc1ccc(-c2cnc3ccccc3n2)cc1. The molecule has 0 aliphatic heterocycles. The minimum atomic E-state index is -0.496. The first kappa shape index (κ1) is 19.3. The number of carbonyl (C=O) groups excluding carboxylic acids is 2. The summed E-state index contributed by atoms with van der Waals surface area (Å²) in [6.07, 6.45) is 1.75. The first-order chi connectivity index (χ1) is 14.6. The highest BCUT2D eigenvalue weighted by Crippen LogP contribution is 2.21. The molecule has 0 aliphatic rings. The molecule has 1 amide bonds. The summed E-state index contributed by atoms with van der Waals surface area (Å²) in [5.74, 6) is -0.744. The number of ether oxygens (including phenoxy) is 1. The zero-order chi connectivity index (χ0) is 20.9. The molecule has 0 radical (unpaired) electrons. The Morgan fingerprint density at radius 3 is 2.37 bits per heavy atom. The molecular weight excluding hydrogens is 378 g/mol. The van der Waals surface area contributed by atoms with Gasteiger partial charge in [0.25, 0.3) is 0 Å². The highest BCUT2D eigenvalue weighted by atomic mass is 16.5. The maximum Gasteiger partial charge on any atom is 0.340 e. The molecule has 6 nitrogen and oxygen atoms in total. The van der Waals surface area contributed by atoms with E-state index in [1.54, 1.807) is 30.5 Å². The summed E-state index contributed by atoms with van der Waals surface area (Å²) < 4.78 is 5.42. The lowest BCUT2D eigenvalue weighted by Gasteiger charge is -2.10. The van der Waals surface area contributed by atoms with E-state index >= 15 is 0 Å². The number of para-hydroxylation sites is 3. The Morgan fingerprint density at radius 2 is 1.60 bits per heavy atom. The van der Waals surface area contributed by atoms with Crippen molar-refractivity contribution in [1.29, 1.82) is 0 Å². The molecule has 1 aromatic heterocycles. The fourth-order valence-electron chi connectivity index (χ4n) is 3.05.